The van der Waals surface area contributed by atoms with E-state index in [1.807, 2.05) is 41.3 Å². The van der Waals surface area contributed by atoms with Crippen molar-refractivity contribution < 1.29 is 51.4 Å². The number of imide groups is 1. The third-order valence-electron chi connectivity index (χ3n) is 15.4. The lowest BCUT2D eigenvalue weighted by molar-refractivity contribution is -0.137. The summed E-state index contributed by atoms with van der Waals surface area (Å²) in [5.74, 6) is -1.98. The fraction of sp³-hybridized carbons (Fsp3) is 0.379. The molecular formula is C58H58F3N9O8S. The van der Waals surface area contributed by atoms with E-state index in [1.54, 1.807) is 56.8 Å². The van der Waals surface area contributed by atoms with Gasteiger partial charge in [-0.05, 0) is 149 Å². The highest BCUT2D eigenvalue weighted by Crippen LogP contribution is 2.51. The number of anilines is 3. The standard InChI is InChI=1S/C58H58F3N9O8S/c1-56(2,3)78-54(75)49-36(16-19-45(64-49)70-24-21-32-9-8-10-37(40(32)30-70)52(73)66-55-63-42-11-6-7-12-44(42)79-55)35-14-13-33(27-41(35)58(59,60)61)77-34-28-57(29-34)22-25-69(26-23-57)31-47(72)62-43-18-15-38-48(39-17-20-46(71)65-53(39)74)67-68(4)50(38)51(43)76-5/h6-16,18-19,27,34,39H,17,20-26,28-31H2,1-5H3,(H,62,72)(H,63,66,73)(H,65,71,74). The van der Waals surface area contributed by atoms with Crippen LogP contribution in [0.15, 0.2) is 84.9 Å². The van der Waals surface area contributed by atoms with E-state index in [0.717, 1.165) is 40.3 Å². The number of halogens is 3. The maximum absolute atomic E-state index is 15.2. The Kier molecular flexibility index (Phi) is 13.9. The lowest BCUT2D eigenvalue weighted by Crippen LogP contribution is -2.51. The summed E-state index contributed by atoms with van der Waals surface area (Å²) in [4.78, 5) is 79.0. The average Bonchev–Trinajstić information content (AvgIpc) is 4.03. The molecule has 79 heavy (non-hydrogen) atoms. The van der Waals surface area contributed by atoms with Crippen LogP contribution in [-0.2, 0) is 45.3 Å². The van der Waals surface area contributed by atoms with Crippen LogP contribution in [0.4, 0.5) is 29.8 Å². The fourth-order valence-electron chi connectivity index (χ4n) is 11.5. The van der Waals surface area contributed by atoms with Crippen LogP contribution in [0.5, 0.6) is 11.5 Å². The molecule has 4 aromatic carbocycles. The number of alkyl halides is 3. The van der Waals surface area contributed by atoms with Gasteiger partial charge in [0.25, 0.3) is 5.91 Å². The number of esters is 1. The van der Waals surface area contributed by atoms with Crippen LogP contribution in [-0.4, -0.2) is 99.2 Å². The van der Waals surface area contributed by atoms with Crippen LogP contribution in [0.1, 0.15) is 108 Å². The molecule has 6 heterocycles. The van der Waals surface area contributed by atoms with E-state index in [-0.39, 0.29) is 71.3 Å². The average molecular weight is 1100 g/mol. The number of pyridine rings is 1. The zero-order chi connectivity index (χ0) is 55.5. The monoisotopic (exact) mass is 1100 g/mol. The number of benzene rings is 4. The van der Waals surface area contributed by atoms with Crippen LogP contribution < -0.4 is 30.3 Å². The molecule has 1 saturated carbocycles. The molecule has 1 aliphatic carbocycles. The van der Waals surface area contributed by atoms with Crippen molar-refractivity contribution in [2.24, 2.45) is 12.5 Å². The first-order chi connectivity index (χ1) is 37.7. The first-order valence-electron chi connectivity index (χ1n) is 26.3. The summed E-state index contributed by atoms with van der Waals surface area (Å²) in [6, 6.07) is 23.5. The maximum atomic E-state index is 15.2. The van der Waals surface area contributed by atoms with Crippen molar-refractivity contribution >= 4 is 78.7 Å². The van der Waals surface area contributed by atoms with Gasteiger partial charge in [-0.25, -0.2) is 14.8 Å². The van der Waals surface area contributed by atoms with E-state index in [4.69, 9.17) is 19.2 Å². The van der Waals surface area contributed by atoms with Gasteiger partial charge in [0.15, 0.2) is 16.6 Å². The number of likely N-dealkylation sites (tertiary alicyclic amines) is 1. The van der Waals surface area contributed by atoms with Crippen molar-refractivity contribution in [2.75, 3.05) is 48.8 Å². The Morgan fingerprint density at radius 3 is 2.39 bits per heavy atom. The molecule has 3 aromatic heterocycles. The van der Waals surface area contributed by atoms with Crippen molar-refractivity contribution in [3.8, 4) is 22.6 Å². The highest BCUT2D eigenvalue weighted by Gasteiger charge is 2.48. The van der Waals surface area contributed by atoms with E-state index in [9.17, 15) is 24.0 Å². The number of methoxy groups -OCH3 is 1. The maximum Gasteiger partial charge on any atom is 0.417 e. The molecule has 410 valence electrons. The molecule has 1 unspecified atom stereocenters. The Labute approximate surface area is 456 Å². The van der Waals surface area contributed by atoms with Crippen molar-refractivity contribution in [1.29, 1.82) is 0 Å². The number of ether oxygens (including phenoxy) is 3. The molecule has 4 amide bonds. The zero-order valence-corrected chi connectivity index (χ0v) is 45.0. The third-order valence-corrected chi connectivity index (χ3v) is 16.3. The van der Waals surface area contributed by atoms with E-state index in [1.165, 1.54) is 36.6 Å². The zero-order valence-electron chi connectivity index (χ0n) is 44.2. The molecule has 2 saturated heterocycles. The van der Waals surface area contributed by atoms with Crippen LogP contribution in [0.25, 0.3) is 32.2 Å². The number of amides is 4. The first-order valence-corrected chi connectivity index (χ1v) is 27.1. The number of hydrogen-bond donors (Lipinski definition) is 3. The van der Waals surface area contributed by atoms with Gasteiger partial charge in [-0.3, -0.25) is 39.4 Å². The summed E-state index contributed by atoms with van der Waals surface area (Å²) in [5, 5.41) is 14.1. The normalized spacial score (nSPS) is 17.8. The number of carbonyl (C=O) groups excluding carboxylic acids is 5. The second kappa shape index (κ2) is 20.7. The second-order valence-corrected chi connectivity index (χ2v) is 22.9. The van der Waals surface area contributed by atoms with E-state index in [2.05, 4.69) is 30.9 Å². The van der Waals surface area contributed by atoms with Gasteiger partial charge in [0.05, 0.1) is 52.8 Å². The molecule has 3 fully saturated rings. The minimum absolute atomic E-state index is 0.0512. The van der Waals surface area contributed by atoms with Gasteiger partial charge in [-0.15, -0.1) is 0 Å². The predicted octanol–water partition coefficient (Wildman–Crippen LogP) is 9.82. The summed E-state index contributed by atoms with van der Waals surface area (Å²) >= 11 is 1.37. The summed E-state index contributed by atoms with van der Waals surface area (Å²) in [6.07, 6.45) is -1.22. The van der Waals surface area contributed by atoms with Gasteiger partial charge in [-0.2, -0.15) is 18.3 Å². The highest BCUT2D eigenvalue weighted by atomic mass is 32.1. The number of carbonyl (C=O) groups is 5. The molecule has 0 bridgehead atoms. The lowest BCUT2D eigenvalue weighted by Gasteiger charge is -2.51. The van der Waals surface area contributed by atoms with Crippen LogP contribution in [0, 0.1) is 5.41 Å². The molecule has 1 spiro atoms. The highest BCUT2D eigenvalue weighted by molar-refractivity contribution is 7.22. The Morgan fingerprint density at radius 2 is 1.66 bits per heavy atom. The quantitative estimate of drug-likeness (QED) is 0.0773. The number of rotatable bonds is 12. The Balaban J connectivity index is 0.746. The number of aromatic nitrogens is 4. The van der Waals surface area contributed by atoms with Crippen LogP contribution in [0.2, 0.25) is 0 Å². The summed E-state index contributed by atoms with van der Waals surface area (Å²) in [5.41, 5.74) is 1.91. The fourth-order valence-corrected chi connectivity index (χ4v) is 12.4. The van der Waals surface area contributed by atoms with E-state index < -0.39 is 35.1 Å². The van der Waals surface area contributed by atoms with Crippen LogP contribution in [0.3, 0.4) is 0 Å². The molecule has 0 radical (unpaired) electrons. The Morgan fingerprint density at radius 1 is 0.886 bits per heavy atom. The van der Waals surface area contributed by atoms with Gasteiger partial charge in [0.1, 0.15) is 22.7 Å². The number of nitrogens with one attached hydrogen (secondary N) is 3. The van der Waals surface area contributed by atoms with Gasteiger partial charge in [0, 0.05) is 43.1 Å². The van der Waals surface area contributed by atoms with Gasteiger partial charge in [0.2, 0.25) is 17.7 Å². The topological polar surface area (TPSA) is 199 Å². The number of piperidine rings is 2. The molecule has 17 nitrogen and oxygen atoms in total. The summed E-state index contributed by atoms with van der Waals surface area (Å²) < 4.78 is 65.9. The number of aryl methyl sites for hydroxylation is 1. The van der Waals surface area contributed by atoms with Crippen LogP contribution >= 0.6 is 11.3 Å². The molecule has 1 atom stereocenters. The third kappa shape index (κ3) is 10.8. The minimum atomic E-state index is -4.84. The van der Waals surface area contributed by atoms with Crippen molar-refractivity contribution in [3.63, 3.8) is 0 Å². The minimum Gasteiger partial charge on any atom is -0.492 e. The van der Waals surface area contributed by atoms with Crippen molar-refractivity contribution in [3.05, 3.63) is 119 Å². The largest absolute Gasteiger partial charge is 0.492 e. The lowest BCUT2D eigenvalue weighted by atomic mass is 9.61. The first kappa shape index (κ1) is 53.1. The number of hydrogen-bond acceptors (Lipinski definition) is 14. The number of fused-ring (bicyclic) bond motifs is 3. The molecule has 4 aliphatic rings. The number of nitrogens with zero attached hydrogens (tertiary/aromatic N) is 6. The number of para-hydroxylation sites is 1. The molecule has 11 rings (SSSR count). The second-order valence-electron chi connectivity index (χ2n) is 21.9. The summed E-state index contributed by atoms with van der Waals surface area (Å²) in [6.45, 7) is 7.15. The van der Waals surface area contributed by atoms with E-state index in [0.29, 0.717) is 89.9 Å². The Bertz CT molecular complexity index is 3560. The SMILES string of the molecule is COc1c(NC(=O)CN2CCC3(CC2)CC(Oc2ccc(-c4ccc(N5CCc6cccc(C(=O)Nc7nc8ccccc8s7)c6C5)nc4C(=O)OC(C)(C)C)c(C(F)(F)F)c2)C3)ccc2c(C3CCC(=O)NC3=O)nn(C)c12. The molecular weight excluding hydrogens is 1040 g/mol. The van der Waals surface area contributed by atoms with Gasteiger partial charge >= 0.3 is 12.1 Å². The number of thiazole rings is 1. The summed E-state index contributed by atoms with van der Waals surface area (Å²) in [7, 11) is 3.23. The molecule has 3 aliphatic heterocycles. The van der Waals surface area contributed by atoms with Gasteiger partial charge in [-0.1, -0.05) is 41.7 Å². The smallest absolute Gasteiger partial charge is 0.417 e. The van der Waals surface area contributed by atoms with Crippen molar-refractivity contribution in [1.82, 2.24) is 30.0 Å². The molecule has 21 heteroatoms. The van der Waals surface area contributed by atoms with E-state index >= 15 is 13.2 Å². The molecule has 7 aromatic rings. The predicted molar refractivity (Wildman–Crippen MR) is 291 cm³/mol. The van der Waals surface area contributed by atoms with Crippen molar-refractivity contribution in [2.45, 2.75) is 96.1 Å². The van der Waals surface area contributed by atoms with Gasteiger partial charge < -0.3 is 24.4 Å². The Hall–Kier alpha value is -7.91. The molecule has 3 N–H and O–H groups in total.